The number of aliphatic carboxylic acids is 1. The predicted octanol–water partition coefficient (Wildman–Crippen LogP) is 11.6. The fourth-order valence-electron chi connectivity index (χ4n) is 4.85. The first kappa shape index (κ1) is 55.9. The van der Waals surface area contributed by atoms with Gasteiger partial charge in [0.2, 0.25) is 0 Å². The minimum Gasteiger partial charge on any atom is -0.480 e. The Morgan fingerprint density at radius 3 is 1.40 bits per heavy atom. The highest BCUT2D eigenvalue weighted by Crippen LogP contribution is 2.43. The van der Waals surface area contributed by atoms with Gasteiger partial charge < -0.3 is 25.2 Å². The molecule has 0 aromatic rings. The molecule has 0 radical (unpaired) electrons. The average molecular weight is 856 g/mol. The van der Waals surface area contributed by atoms with Crippen molar-refractivity contribution in [2.24, 2.45) is 5.73 Å². The summed E-state index contributed by atoms with van der Waals surface area (Å²) in [7, 11) is -4.76. The number of esters is 2. The van der Waals surface area contributed by atoms with Crippen LogP contribution in [-0.2, 0) is 37.5 Å². The van der Waals surface area contributed by atoms with Crippen LogP contribution in [0.15, 0.2) is 122 Å². The number of carboxylic acid groups (broad SMARTS) is 1. The predicted molar refractivity (Wildman–Crippen MR) is 244 cm³/mol. The molecule has 0 saturated heterocycles. The number of ether oxygens (including phenoxy) is 2. The Bertz CT molecular complexity index is 1470. The molecule has 11 nitrogen and oxygen atoms in total. The third-order valence-electron chi connectivity index (χ3n) is 8.21. The largest absolute Gasteiger partial charge is 0.480 e. The van der Waals surface area contributed by atoms with Gasteiger partial charge in [-0.05, 0) is 89.9 Å². The molecule has 0 fully saturated rings. The van der Waals surface area contributed by atoms with Crippen molar-refractivity contribution in [1.29, 1.82) is 0 Å². The summed E-state index contributed by atoms with van der Waals surface area (Å²) >= 11 is 0. The summed E-state index contributed by atoms with van der Waals surface area (Å²) in [5.41, 5.74) is 5.32. The molecule has 0 aliphatic carbocycles. The number of unbranched alkanes of at least 4 members (excludes halogenated alkanes) is 4. The monoisotopic (exact) mass is 856 g/mol. The quantitative estimate of drug-likeness (QED) is 0.0233. The molecule has 336 valence electrons. The summed E-state index contributed by atoms with van der Waals surface area (Å²) in [6, 6.07) is -1.55. The van der Waals surface area contributed by atoms with Crippen LogP contribution in [0.3, 0.4) is 0 Å². The highest BCUT2D eigenvalue weighted by molar-refractivity contribution is 7.47. The Labute approximate surface area is 360 Å². The number of carbonyl (C=O) groups is 3. The average Bonchev–Trinajstić information content (AvgIpc) is 3.22. The number of carboxylic acids is 1. The highest BCUT2D eigenvalue weighted by Gasteiger charge is 2.28. The molecule has 0 aliphatic heterocycles. The summed E-state index contributed by atoms with van der Waals surface area (Å²) in [6.45, 7) is 2.50. The van der Waals surface area contributed by atoms with Crippen LogP contribution in [0.4, 0.5) is 0 Å². The number of hydrogen-bond donors (Lipinski definition) is 3. The van der Waals surface area contributed by atoms with Crippen molar-refractivity contribution in [3.63, 3.8) is 0 Å². The van der Waals surface area contributed by atoms with Crippen LogP contribution in [0.1, 0.15) is 129 Å². The van der Waals surface area contributed by atoms with Crippen LogP contribution in [-0.4, -0.2) is 59.9 Å². The minimum atomic E-state index is -4.76. The van der Waals surface area contributed by atoms with E-state index in [0.717, 1.165) is 64.2 Å². The lowest BCUT2D eigenvalue weighted by Gasteiger charge is -2.20. The molecule has 0 rings (SSSR count). The van der Waals surface area contributed by atoms with E-state index in [1.807, 2.05) is 24.3 Å². The number of phosphoric ester groups is 1. The molecule has 1 unspecified atom stereocenters. The first-order chi connectivity index (χ1) is 29.1. The molecule has 60 heavy (non-hydrogen) atoms. The highest BCUT2D eigenvalue weighted by atomic mass is 31.2. The van der Waals surface area contributed by atoms with Crippen LogP contribution in [0.5, 0.6) is 0 Å². The first-order valence-corrected chi connectivity index (χ1v) is 23.1. The second-order valence-corrected chi connectivity index (χ2v) is 15.2. The molecule has 0 saturated carbocycles. The Morgan fingerprint density at radius 1 is 0.533 bits per heavy atom. The molecular weight excluding hydrogens is 781 g/mol. The summed E-state index contributed by atoms with van der Waals surface area (Å²) in [5.74, 6) is -2.58. The van der Waals surface area contributed by atoms with Crippen molar-refractivity contribution >= 4 is 25.7 Å². The molecule has 0 bridgehead atoms. The van der Waals surface area contributed by atoms with Crippen LogP contribution in [0.2, 0.25) is 0 Å². The van der Waals surface area contributed by atoms with Crippen LogP contribution < -0.4 is 5.73 Å². The van der Waals surface area contributed by atoms with Gasteiger partial charge in [0, 0.05) is 12.8 Å². The van der Waals surface area contributed by atoms with Crippen molar-refractivity contribution in [2.45, 2.75) is 142 Å². The van der Waals surface area contributed by atoms with Crippen molar-refractivity contribution in [1.82, 2.24) is 0 Å². The molecule has 0 amide bonds. The lowest BCUT2D eigenvalue weighted by molar-refractivity contribution is -0.161. The van der Waals surface area contributed by atoms with E-state index in [1.165, 1.54) is 19.3 Å². The molecule has 4 N–H and O–H groups in total. The Kier molecular flexibility index (Phi) is 38.8. The van der Waals surface area contributed by atoms with Gasteiger partial charge in [0.05, 0.1) is 13.2 Å². The summed E-state index contributed by atoms with van der Waals surface area (Å²) in [5, 5.41) is 8.89. The summed E-state index contributed by atoms with van der Waals surface area (Å²) < 4.78 is 32.5. The molecule has 3 atom stereocenters. The topological polar surface area (TPSA) is 172 Å². The zero-order valence-corrected chi connectivity index (χ0v) is 37.1. The van der Waals surface area contributed by atoms with Crippen molar-refractivity contribution in [2.75, 3.05) is 19.8 Å². The zero-order valence-electron chi connectivity index (χ0n) is 36.2. The maximum Gasteiger partial charge on any atom is 0.472 e. The molecule has 0 aromatic heterocycles. The van der Waals surface area contributed by atoms with Gasteiger partial charge in [-0.2, -0.15) is 0 Å². The molecular formula is C48H74NO10P. The molecule has 0 aromatic carbocycles. The number of carbonyl (C=O) groups excluding carboxylic acids is 2. The number of rotatable bonds is 38. The normalized spacial score (nSPS) is 14.9. The smallest absolute Gasteiger partial charge is 0.472 e. The maximum absolute atomic E-state index is 12.6. The van der Waals surface area contributed by atoms with E-state index in [1.54, 1.807) is 0 Å². The number of phosphoric acid groups is 1. The molecule has 0 spiro atoms. The number of nitrogens with two attached hydrogens (primary N) is 1. The van der Waals surface area contributed by atoms with Gasteiger partial charge in [-0.3, -0.25) is 23.4 Å². The third-order valence-corrected chi connectivity index (χ3v) is 9.16. The second kappa shape index (κ2) is 41.6. The van der Waals surface area contributed by atoms with Crippen LogP contribution in [0.25, 0.3) is 0 Å². The van der Waals surface area contributed by atoms with Gasteiger partial charge in [0.25, 0.3) is 0 Å². The van der Waals surface area contributed by atoms with Gasteiger partial charge >= 0.3 is 25.7 Å². The third kappa shape index (κ3) is 40.7. The standard InChI is InChI=1S/C48H74NO10P/c1-3-5-7-9-11-13-15-17-19-21-22-24-25-27-29-31-33-35-37-39-46(50)56-41-44(42-57-60(54,55)58-43-45(49)48(52)53)59-47(51)40-38-36-34-32-30-28-26-23-20-18-16-14-12-10-8-6-4-2/h5,7,11-14,17-20,22,24,26-29,32-35,44-45H,3-4,6,8-10,15-16,21,23,25,30-31,36-43,49H2,1-2H3,(H,52,53)(H,54,55)/b7-5-,13-11-,14-12-,19-17-,20-18-,24-22-,28-26-,29-27-,34-32-,35-33-/t44-,45+/m1/s1. The number of hydrogen-bond acceptors (Lipinski definition) is 9. The maximum atomic E-state index is 12.6. The van der Waals surface area contributed by atoms with Crippen molar-refractivity contribution in [3.8, 4) is 0 Å². The lowest BCUT2D eigenvalue weighted by Crippen LogP contribution is -2.34. The van der Waals surface area contributed by atoms with E-state index < -0.39 is 57.7 Å². The van der Waals surface area contributed by atoms with Crippen LogP contribution >= 0.6 is 7.82 Å². The fourth-order valence-corrected chi connectivity index (χ4v) is 5.62. The van der Waals surface area contributed by atoms with Gasteiger partial charge in [-0.15, -0.1) is 0 Å². The van der Waals surface area contributed by atoms with E-state index in [9.17, 15) is 23.8 Å². The van der Waals surface area contributed by atoms with Gasteiger partial charge in [0.1, 0.15) is 12.6 Å². The second-order valence-electron chi connectivity index (χ2n) is 13.7. The van der Waals surface area contributed by atoms with Crippen molar-refractivity contribution < 1.29 is 47.5 Å². The summed E-state index contributed by atoms with van der Waals surface area (Å²) in [4.78, 5) is 45.9. The molecule has 0 aliphatic rings. The van der Waals surface area contributed by atoms with Gasteiger partial charge in [-0.25, -0.2) is 4.57 Å². The summed E-state index contributed by atoms with van der Waals surface area (Å²) in [6.07, 6.45) is 55.7. The zero-order chi connectivity index (χ0) is 44.2. The van der Waals surface area contributed by atoms with Crippen molar-refractivity contribution in [3.05, 3.63) is 122 Å². The van der Waals surface area contributed by atoms with Gasteiger partial charge in [0.15, 0.2) is 6.10 Å². The van der Waals surface area contributed by atoms with E-state index >= 15 is 0 Å². The Hall–Kier alpha value is -4.12. The Balaban J connectivity index is 4.61. The SMILES string of the molecule is CC/C=C\C/C=C\C/C=C\C/C=C\C/C=C\C/C=C\CCC(=O)OC[C@H](COP(=O)(O)OC[C@H](N)C(=O)O)OC(=O)CCC/C=C\C/C=C\C/C=C\C/C=C\CCCCC. The molecule has 12 heteroatoms. The van der Waals surface area contributed by atoms with E-state index in [-0.39, 0.29) is 12.8 Å². The van der Waals surface area contributed by atoms with E-state index in [2.05, 4.69) is 116 Å². The lowest BCUT2D eigenvalue weighted by atomic mass is 10.2. The Morgan fingerprint density at radius 2 is 0.950 bits per heavy atom. The molecule has 0 heterocycles. The van der Waals surface area contributed by atoms with E-state index in [4.69, 9.17) is 24.8 Å². The number of allylic oxidation sites excluding steroid dienone is 20. The van der Waals surface area contributed by atoms with Crippen LogP contribution in [0, 0.1) is 0 Å². The van der Waals surface area contributed by atoms with E-state index in [0.29, 0.717) is 19.3 Å². The fraction of sp³-hybridized carbons (Fsp3) is 0.521. The minimum absolute atomic E-state index is 0.0614. The van der Waals surface area contributed by atoms with Gasteiger partial charge in [-0.1, -0.05) is 148 Å². The first-order valence-electron chi connectivity index (χ1n) is 21.6.